The average Bonchev–Trinajstić information content (AvgIpc) is 3.23. The van der Waals surface area contributed by atoms with Crippen LogP contribution in [0.25, 0.3) is 11.0 Å². The monoisotopic (exact) mass is 542 g/mol. The second kappa shape index (κ2) is 10.8. The zero-order valence-corrected chi connectivity index (χ0v) is 22.5. The lowest BCUT2D eigenvalue weighted by Gasteiger charge is -2.27. The Balaban J connectivity index is 1.44. The van der Waals surface area contributed by atoms with Crippen molar-refractivity contribution in [1.29, 1.82) is 5.26 Å². The average molecular weight is 543 g/mol. The first kappa shape index (κ1) is 26.2. The Morgan fingerprint density at radius 1 is 1.13 bits per heavy atom. The number of halogens is 1. The van der Waals surface area contributed by atoms with Gasteiger partial charge in [0, 0.05) is 27.6 Å². The molecule has 198 valence electrons. The lowest BCUT2D eigenvalue weighted by atomic mass is 9.83. The largest absolute Gasteiger partial charge is 0.494 e. The van der Waals surface area contributed by atoms with Gasteiger partial charge in [-0.1, -0.05) is 43.6 Å². The Kier molecular flexibility index (Phi) is 7.23. The highest BCUT2D eigenvalue weighted by atomic mass is 35.5. The molecule has 1 unspecified atom stereocenters. The number of carbonyl (C=O) groups excluding carboxylic acids is 1. The maximum Gasteiger partial charge on any atom is 0.379 e. The van der Waals surface area contributed by atoms with Crippen LogP contribution in [0.4, 0.5) is 0 Å². The van der Waals surface area contributed by atoms with Crippen LogP contribution >= 0.6 is 11.6 Å². The summed E-state index contributed by atoms with van der Waals surface area (Å²) in [5.41, 5.74) is 9.19. The number of furan rings is 1. The minimum Gasteiger partial charge on any atom is -0.494 e. The summed E-state index contributed by atoms with van der Waals surface area (Å²) in [6.45, 7) is 6.66. The highest BCUT2D eigenvalue weighted by Crippen LogP contribution is 2.44. The Bertz CT molecular complexity index is 1650. The molecule has 0 saturated heterocycles. The third-order valence-electron chi connectivity index (χ3n) is 6.64. The second-order valence-corrected chi connectivity index (χ2v) is 10.3. The van der Waals surface area contributed by atoms with Crippen molar-refractivity contribution in [2.24, 2.45) is 11.7 Å². The first-order valence-electron chi connectivity index (χ1n) is 12.6. The fraction of sp³-hybridized carbons (Fsp3) is 0.226. The summed E-state index contributed by atoms with van der Waals surface area (Å²) in [6, 6.07) is 20.0. The van der Waals surface area contributed by atoms with E-state index >= 15 is 0 Å². The number of carbonyl (C=O) groups is 1. The van der Waals surface area contributed by atoms with Crippen LogP contribution < -0.4 is 19.9 Å². The number of ether oxygens (including phenoxy) is 3. The van der Waals surface area contributed by atoms with Gasteiger partial charge >= 0.3 is 5.97 Å². The number of nitriles is 1. The number of aryl methyl sites for hydroxylation is 1. The van der Waals surface area contributed by atoms with Gasteiger partial charge in [0.25, 0.3) is 0 Å². The molecule has 0 bridgehead atoms. The molecule has 1 aliphatic heterocycles. The lowest BCUT2D eigenvalue weighted by Crippen LogP contribution is -2.21. The van der Waals surface area contributed by atoms with Crippen LogP contribution in [-0.2, 0) is 0 Å². The predicted octanol–water partition coefficient (Wildman–Crippen LogP) is 7.26. The van der Waals surface area contributed by atoms with Crippen LogP contribution in [0.1, 0.15) is 53.4 Å². The highest BCUT2D eigenvalue weighted by molar-refractivity contribution is 6.31. The van der Waals surface area contributed by atoms with Crippen molar-refractivity contribution in [3.8, 4) is 23.3 Å². The van der Waals surface area contributed by atoms with E-state index in [1.54, 1.807) is 43.3 Å². The Morgan fingerprint density at radius 3 is 2.72 bits per heavy atom. The van der Waals surface area contributed by atoms with Crippen molar-refractivity contribution in [2.75, 3.05) is 6.61 Å². The summed E-state index contributed by atoms with van der Waals surface area (Å²) in [5, 5.41) is 11.2. The number of nitrogens with two attached hydrogens (primary N) is 1. The molecule has 7 nitrogen and oxygen atoms in total. The maximum atomic E-state index is 13.0. The van der Waals surface area contributed by atoms with Gasteiger partial charge in [-0.15, -0.1) is 0 Å². The van der Waals surface area contributed by atoms with E-state index in [4.69, 9.17) is 36.0 Å². The van der Waals surface area contributed by atoms with Gasteiger partial charge in [0.05, 0.1) is 12.5 Å². The molecule has 0 saturated carbocycles. The lowest BCUT2D eigenvalue weighted by molar-refractivity contribution is 0.0702. The van der Waals surface area contributed by atoms with Crippen molar-refractivity contribution >= 4 is 28.5 Å². The first-order chi connectivity index (χ1) is 18.7. The molecule has 0 spiro atoms. The van der Waals surface area contributed by atoms with Crippen LogP contribution in [0.15, 0.2) is 76.5 Å². The number of nitrogens with zero attached hydrogens (tertiary/aromatic N) is 1. The summed E-state index contributed by atoms with van der Waals surface area (Å²) < 4.78 is 23.1. The number of fused-ring (bicyclic) bond motifs is 2. The van der Waals surface area contributed by atoms with Crippen LogP contribution in [-0.4, -0.2) is 12.6 Å². The van der Waals surface area contributed by atoms with Gasteiger partial charge in [-0.2, -0.15) is 5.26 Å². The van der Waals surface area contributed by atoms with Gasteiger partial charge in [-0.25, -0.2) is 4.79 Å². The van der Waals surface area contributed by atoms with Crippen molar-refractivity contribution in [3.63, 3.8) is 0 Å². The van der Waals surface area contributed by atoms with Crippen LogP contribution in [0, 0.1) is 24.2 Å². The van der Waals surface area contributed by atoms with E-state index < -0.39 is 11.9 Å². The Labute approximate surface area is 231 Å². The van der Waals surface area contributed by atoms with Gasteiger partial charge in [0.1, 0.15) is 34.5 Å². The number of allylic oxidation sites excluding steroid dienone is 1. The molecule has 4 aromatic rings. The predicted molar refractivity (Wildman–Crippen MR) is 148 cm³/mol. The third-order valence-corrected chi connectivity index (χ3v) is 6.88. The van der Waals surface area contributed by atoms with Crippen LogP contribution in [0.5, 0.6) is 17.2 Å². The molecule has 1 aromatic heterocycles. The molecule has 0 radical (unpaired) electrons. The summed E-state index contributed by atoms with van der Waals surface area (Å²) in [6.07, 6.45) is 0.934. The zero-order valence-electron chi connectivity index (χ0n) is 21.8. The molecule has 8 heteroatoms. The molecular formula is C31H27ClN2O5. The summed E-state index contributed by atoms with van der Waals surface area (Å²) in [7, 11) is 0. The second-order valence-electron chi connectivity index (χ2n) is 9.81. The molecule has 3 aromatic carbocycles. The van der Waals surface area contributed by atoms with Crippen LogP contribution in [0.2, 0.25) is 5.02 Å². The van der Waals surface area contributed by atoms with E-state index in [2.05, 4.69) is 19.9 Å². The number of hydrogen-bond acceptors (Lipinski definition) is 7. The smallest absolute Gasteiger partial charge is 0.379 e. The van der Waals surface area contributed by atoms with Crippen molar-refractivity contribution in [2.45, 2.75) is 33.1 Å². The Hall–Kier alpha value is -4.41. The molecular weight excluding hydrogens is 516 g/mol. The third kappa shape index (κ3) is 5.29. The molecule has 0 fully saturated rings. The number of esters is 1. The molecule has 2 heterocycles. The quantitative estimate of drug-likeness (QED) is 0.193. The van der Waals surface area contributed by atoms with E-state index in [9.17, 15) is 10.1 Å². The van der Waals surface area contributed by atoms with Crippen molar-refractivity contribution in [1.82, 2.24) is 0 Å². The SMILES string of the molecule is Cc1c(C(=O)Oc2ccc3c(c2)OC(N)=C(C#N)C3c2cccc(OCCC(C)C)c2)oc2ccc(Cl)cc12. The van der Waals surface area contributed by atoms with E-state index in [1.165, 1.54) is 0 Å². The fourth-order valence-electron chi connectivity index (χ4n) is 4.58. The van der Waals surface area contributed by atoms with E-state index in [0.29, 0.717) is 45.8 Å². The minimum absolute atomic E-state index is 0.00499. The number of benzene rings is 3. The van der Waals surface area contributed by atoms with E-state index in [1.807, 2.05) is 24.3 Å². The molecule has 1 atom stereocenters. The molecule has 2 N–H and O–H groups in total. The van der Waals surface area contributed by atoms with E-state index in [0.717, 1.165) is 22.9 Å². The highest BCUT2D eigenvalue weighted by Gasteiger charge is 2.31. The fourth-order valence-corrected chi connectivity index (χ4v) is 4.75. The van der Waals surface area contributed by atoms with Gasteiger partial charge in [0.15, 0.2) is 0 Å². The normalized spacial score (nSPS) is 14.6. The van der Waals surface area contributed by atoms with Crippen molar-refractivity contribution < 1.29 is 23.4 Å². The molecule has 0 amide bonds. The van der Waals surface area contributed by atoms with Gasteiger partial charge in [0.2, 0.25) is 11.6 Å². The standard InChI is InChI=1S/C31H27ClN2O5/c1-17(2)11-12-36-21-6-4-5-19(13-21)28-23-9-8-22(15-27(23)39-30(34)25(28)16-33)37-31(35)29-18(3)24-14-20(32)7-10-26(24)38-29/h4-10,13-15,17,28H,11-12,34H2,1-3H3. The summed E-state index contributed by atoms with van der Waals surface area (Å²) in [4.78, 5) is 13.0. The number of rotatable bonds is 7. The first-order valence-corrected chi connectivity index (χ1v) is 13.0. The Morgan fingerprint density at radius 2 is 1.95 bits per heavy atom. The molecule has 5 rings (SSSR count). The zero-order chi connectivity index (χ0) is 27.7. The van der Waals surface area contributed by atoms with Crippen molar-refractivity contribution in [3.05, 3.63) is 99.6 Å². The van der Waals surface area contributed by atoms with Crippen LogP contribution in [0.3, 0.4) is 0 Å². The van der Waals surface area contributed by atoms with Gasteiger partial charge in [-0.3, -0.25) is 0 Å². The summed E-state index contributed by atoms with van der Waals surface area (Å²) in [5.74, 6) is 0.833. The van der Waals surface area contributed by atoms with Gasteiger partial charge < -0.3 is 24.4 Å². The topological polar surface area (TPSA) is 108 Å². The van der Waals surface area contributed by atoms with Gasteiger partial charge in [-0.05, 0) is 61.2 Å². The maximum absolute atomic E-state index is 13.0. The molecule has 1 aliphatic rings. The number of hydrogen-bond donors (Lipinski definition) is 1. The minimum atomic E-state index is -0.653. The molecule has 0 aliphatic carbocycles. The summed E-state index contributed by atoms with van der Waals surface area (Å²) >= 11 is 6.09. The van der Waals surface area contributed by atoms with E-state index in [-0.39, 0.29) is 17.4 Å². The molecule has 39 heavy (non-hydrogen) atoms.